The number of hydrogen-bond donors (Lipinski definition) is 1. The Morgan fingerprint density at radius 3 is 1.58 bits per heavy atom. The maximum Gasteiger partial charge on any atom is 0.426 e. The molecule has 5 aliphatic carbocycles. The fourth-order valence-corrected chi connectivity index (χ4v) is 15.6. The number of thiophene rings is 1. The number of esters is 4. The number of aromatic carboxylic acids is 1. The number of quaternary nitrogens is 1. The molecule has 5 aliphatic rings. The van der Waals surface area contributed by atoms with E-state index in [4.69, 9.17) is 14.2 Å². The van der Waals surface area contributed by atoms with Gasteiger partial charge in [-0.25, -0.2) is 8.42 Å². The Balaban J connectivity index is 0.000000227. The highest BCUT2D eigenvalue weighted by atomic mass is 32.2. The lowest BCUT2D eigenvalue weighted by molar-refractivity contribution is -0.870. The lowest BCUT2D eigenvalue weighted by Crippen LogP contribution is -2.61. The Morgan fingerprint density at radius 1 is 0.650 bits per heavy atom. The molecule has 5 fully saturated rings. The smallest absolute Gasteiger partial charge is 0.426 e. The summed E-state index contributed by atoms with van der Waals surface area (Å²) in [5, 5.41) is 22.3. The quantitative estimate of drug-likeness (QED) is 0.0262. The Kier molecular flexibility index (Phi) is 28.8. The van der Waals surface area contributed by atoms with Crippen LogP contribution in [0.4, 0.5) is 13.2 Å². The van der Waals surface area contributed by atoms with E-state index in [-0.39, 0.29) is 68.1 Å². The first kappa shape index (κ1) is 83.8. The number of carbonyl (C=O) groups excluding carboxylic acids is 5. The van der Waals surface area contributed by atoms with Crippen LogP contribution in [0.2, 0.25) is 0 Å². The van der Waals surface area contributed by atoms with Gasteiger partial charge in [-0.15, -0.1) is 0 Å². The number of ether oxygens (including phenoxy) is 4. The molecular weight excluding hydrogens is 1320 g/mol. The third-order valence-electron chi connectivity index (χ3n) is 20.3. The molecule has 15 nitrogen and oxygen atoms in total. The summed E-state index contributed by atoms with van der Waals surface area (Å²) in [6, 6.07) is 42.4. The van der Waals surface area contributed by atoms with Gasteiger partial charge < -0.3 is 43.0 Å². The molecule has 3 unspecified atom stereocenters. The number of likely N-dealkylation sites (N-methyl/N-ethyl adjacent to an activating group) is 1. The zero-order valence-electron chi connectivity index (χ0n) is 62.0. The van der Waals surface area contributed by atoms with Gasteiger partial charge in [-0.05, 0) is 216 Å². The van der Waals surface area contributed by atoms with Crippen LogP contribution in [0, 0.1) is 40.4 Å². The fraction of sp³-hybridized carbons (Fsp3) is 0.562. The van der Waals surface area contributed by atoms with Crippen molar-refractivity contribution in [2.24, 2.45) is 33.5 Å². The zero-order chi connectivity index (χ0) is 75.1. The minimum Gasteiger partial charge on any atom is -0.748 e. The molecular formula is C80H110F3NO14S2. The van der Waals surface area contributed by atoms with E-state index in [9.17, 15) is 60.3 Å². The largest absolute Gasteiger partial charge is 0.748 e. The third kappa shape index (κ3) is 23.9. The number of phenols is 1. The molecule has 6 aromatic rings. The van der Waals surface area contributed by atoms with E-state index in [1.165, 1.54) is 55.6 Å². The SMILES string of the molecule is CCC(C)(C)C(=O)OC1(C)CCCC1.CCC(C)(C)C(=O)OC12CC3CC(C1)CC(C(=O)OC(CS(=O)(=O)[O-])C(F)(F)F)(C3)C2.CCC(C)(C)C(=O)OCC[N+](C)(C)C.CCC(C)(C)c1cccc(O)c1.Cc1ccc(C(=O)[O-])cc1.c1ccc(-[s+]2c3ccccc3c3ccccc32)cc1. The Labute approximate surface area is 595 Å². The average Bonchev–Trinajstić information content (AvgIpc) is 0.905. The van der Waals surface area contributed by atoms with Crippen molar-refractivity contribution in [3.63, 3.8) is 0 Å². The first-order chi connectivity index (χ1) is 46.3. The Hall–Kier alpha value is -6.87. The number of hydrogen-bond acceptors (Lipinski definition) is 14. The molecule has 20 heteroatoms. The van der Waals surface area contributed by atoms with Gasteiger partial charge in [0, 0.05) is 27.7 Å². The molecule has 1 N–H and O–H groups in total. The minimum absolute atomic E-state index is 0.00100. The van der Waals surface area contributed by atoms with Crippen molar-refractivity contribution in [2.45, 2.75) is 216 Å². The normalized spacial score (nSPS) is 19.6. The summed E-state index contributed by atoms with van der Waals surface area (Å²) in [6.45, 7) is 29.0. The van der Waals surface area contributed by atoms with Crippen molar-refractivity contribution in [1.82, 2.24) is 0 Å². The van der Waals surface area contributed by atoms with Gasteiger partial charge in [-0.1, -0.05) is 126 Å². The number of aryl methyl sites for hydroxylation is 1. The van der Waals surface area contributed by atoms with Crippen molar-refractivity contribution in [1.29, 1.82) is 0 Å². The molecule has 0 radical (unpaired) electrons. The standard InChI is InChI=1S/C20H29F3O7S.C18H13S.C12H22O2.C11H24NO2.C11H16O.C8H8O2/c1-4-17(2,3)15(24)30-19-8-12-5-13(9-19)7-18(6-12,11-19)16(25)29-14(20(21,22)23)10-31(26,27)28;1-2-8-14(9-3-1)19-17-12-6-4-10-15(17)16-11-5-7-13-18(16)19;1-5-11(2,3)10(13)14-12(4)8-6-7-9-12;1-7-11(2,3)10(13)14-9-8-12(4,5)6;1-4-11(2,3)9-6-5-7-10(12)8-9;1-6-2-4-7(5-3-6)8(9)10/h12-14H,4-11H2,1-3H3,(H,26,27,28);1-13H;5-9H2,1-4H3;7-9H2,1-6H3;5-8,12H,4H2,1-3H3;2-5H,1H3,(H,9,10)/q;+1;;+1;;/p-2. The van der Waals surface area contributed by atoms with E-state index >= 15 is 0 Å². The van der Waals surface area contributed by atoms with Gasteiger partial charge in [0.25, 0.3) is 0 Å². The molecule has 0 aliphatic heterocycles. The van der Waals surface area contributed by atoms with Gasteiger partial charge in [0.05, 0.1) is 64.6 Å². The summed E-state index contributed by atoms with van der Waals surface area (Å²) in [6.07, 6.45) is 2.02. The highest BCUT2D eigenvalue weighted by Gasteiger charge is 2.64. The first-order valence-corrected chi connectivity index (χ1v) is 37.8. The molecule has 0 spiro atoms. The molecule has 1 heterocycles. The second-order valence-electron chi connectivity index (χ2n) is 31.4. The van der Waals surface area contributed by atoms with E-state index in [1.807, 2.05) is 67.5 Å². The third-order valence-corrected chi connectivity index (χ3v) is 23.4. The van der Waals surface area contributed by atoms with Crippen LogP contribution in [-0.4, -0.2) is 116 Å². The van der Waals surface area contributed by atoms with Gasteiger partial charge >= 0.3 is 30.1 Å². The summed E-state index contributed by atoms with van der Waals surface area (Å²) >= 11 is 0. The number of phenolic OH excluding ortho intramolecular Hbond substituents is 1. The summed E-state index contributed by atoms with van der Waals surface area (Å²) in [7, 11) is 1.03. The summed E-state index contributed by atoms with van der Waals surface area (Å²) < 4.78 is 97.6. The monoisotopic (exact) mass is 1430 g/mol. The molecule has 100 heavy (non-hydrogen) atoms. The van der Waals surface area contributed by atoms with Crippen LogP contribution in [0.1, 0.15) is 201 Å². The average molecular weight is 1430 g/mol. The summed E-state index contributed by atoms with van der Waals surface area (Å²) in [4.78, 5) is 60.7. The predicted molar refractivity (Wildman–Crippen MR) is 388 cm³/mol. The number of aromatic hydroxyl groups is 1. The molecule has 4 bridgehead atoms. The molecule has 5 aromatic carbocycles. The second-order valence-corrected chi connectivity index (χ2v) is 34.8. The van der Waals surface area contributed by atoms with Crippen LogP contribution in [-0.2, 0) is 53.7 Å². The molecule has 0 amide bonds. The van der Waals surface area contributed by atoms with Gasteiger partial charge in [0.15, 0.2) is 14.3 Å². The maximum absolute atomic E-state index is 13.3. The van der Waals surface area contributed by atoms with E-state index in [2.05, 4.69) is 139 Å². The number of halogens is 3. The first-order valence-electron chi connectivity index (χ1n) is 35.0. The lowest BCUT2D eigenvalue weighted by atomic mass is 9.48. The molecule has 552 valence electrons. The molecule has 11 rings (SSSR count). The van der Waals surface area contributed by atoms with Gasteiger partial charge in [-0.2, -0.15) is 13.2 Å². The van der Waals surface area contributed by atoms with E-state index < -0.39 is 62.5 Å². The highest BCUT2D eigenvalue weighted by molar-refractivity contribution is 7.85. The van der Waals surface area contributed by atoms with Crippen molar-refractivity contribution in [3.05, 3.63) is 144 Å². The van der Waals surface area contributed by atoms with Gasteiger partial charge in [0.1, 0.15) is 30.1 Å². The maximum atomic E-state index is 13.3. The topological polar surface area (TPSA) is 223 Å². The predicted octanol–water partition coefficient (Wildman–Crippen LogP) is 17.5. The van der Waals surface area contributed by atoms with E-state index in [0.29, 0.717) is 44.5 Å². The number of alkyl halides is 3. The van der Waals surface area contributed by atoms with Crippen molar-refractivity contribution in [3.8, 4) is 10.6 Å². The Morgan fingerprint density at radius 2 is 1.13 bits per heavy atom. The molecule has 0 saturated heterocycles. The minimum atomic E-state index is -5.27. The van der Waals surface area contributed by atoms with Crippen LogP contribution in [0.3, 0.4) is 0 Å². The molecule has 1 aromatic heterocycles. The fourth-order valence-electron chi connectivity index (χ4n) is 12.6. The second kappa shape index (κ2) is 34.4. The summed E-state index contributed by atoms with van der Waals surface area (Å²) in [5.74, 6) is -4.34. The van der Waals surface area contributed by atoms with Crippen molar-refractivity contribution < 1.29 is 83.8 Å². The number of benzene rings is 5. The zero-order valence-corrected chi connectivity index (χ0v) is 63.7. The van der Waals surface area contributed by atoms with Crippen LogP contribution >= 0.6 is 10.5 Å². The van der Waals surface area contributed by atoms with Crippen LogP contribution in [0.5, 0.6) is 5.75 Å². The number of rotatable bonds is 19. The number of carboxylic acid groups (broad SMARTS) is 1. The summed E-state index contributed by atoms with van der Waals surface area (Å²) in [5.41, 5.74) is -1.16. The lowest BCUT2D eigenvalue weighted by Gasteiger charge is -2.60. The number of carbonyl (C=O) groups is 5. The Bertz CT molecular complexity index is 3740. The number of fused-ring (bicyclic) bond motifs is 3. The van der Waals surface area contributed by atoms with Crippen LogP contribution in [0.15, 0.2) is 127 Å². The van der Waals surface area contributed by atoms with Gasteiger partial charge in [0.2, 0.25) is 6.10 Å². The van der Waals surface area contributed by atoms with Crippen molar-refractivity contribution in [2.75, 3.05) is 40.0 Å². The number of carboxylic acids is 1. The molecule has 5 saturated carbocycles. The van der Waals surface area contributed by atoms with Crippen LogP contribution in [0.25, 0.3) is 25.1 Å². The highest BCUT2D eigenvalue weighted by Crippen LogP contribution is 2.64. The van der Waals surface area contributed by atoms with E-state index in [0.717, 1.165) is 55.1 Å². The number of nitrogens with zero attached hydrogens (tertiary/aromatic N) is 1. The van der Waals surface area contributed by atoms with Gasteiger partial charge in [-0.3, -0.25) is 19.2 Å². The van der Waals surface area contributed by atoms with Crippen LogP contribution < -0.4 is 5.11 Å². The van der Waals surface area contributed by atoms with Crippen molar-refractivity contribution >= 4 is 70.6 Å². The molecule has 3 atom stereocenters. The van der Waals surface area contributed by atoms with E-state index in [1.54, 1.807) is 32.0 Å².